The molecule has 28 heavy (non-hydrogen) atoms. The van der Waals surface area contributed by atoms with E-state index >= 15 is 0 Å². The number of sulfonamides is 1. The predicted molar refractivity (Wildman–Crippen MR) is 107 cm³/mol. The summed E-state index contributed by atoms with van der Waals surface area (Å²) in [5, 5.41) is 0.238. The Bertz CT molecular complexity index is 1020. The SMILES string of the molecule is CC1Cc2ccccc2N1C(=O)c1cc(S(=O)(=O)N2CCOCC2)ccc1Cl. The van der Waals surface area contributed by atoms with Crippen LogP contribution in [0.25, 0.3) is 0 Å². The smallest absolute Gasteiger partial charge is 0.260 e. The highest BCUT2D eigenvalue weighted by molar-refractivity contribution is 7.89. The number of nitrogens with zero attached hydrogens (tertiary/aromatic N) is 2. The molecule has 0 N–H and O–H groups in total. The minimum absolute atomic E-state index is 0.0273. The van der Waals surface area contributed by atoms with Gasteiger partial charge in [0.25, 0.3) is 5.91 Å². The lowest BCUT2D eigenvalue weighted by atomic mass is 10.1. The molecule has 0 saturated carbocycles. The Morgan fingerprint density at radius 2 is 1.86 bits per heavy atom. The van der Waals surface area contributed by atoms with Gasteiger partial charge in [-0.1, -0.05) is 29.8 Å². The van der Waals surface area contributed by atoms with Crippen molar-refractivity contribution in [3.05, 3.63) is 58.6 Å². The fraction of sp³-hybridized carbons (Fsp3) is 0.350. The van der Waals surface area contributed by atoms with Crippen LogP contribution in [0.2, 0.25) is 5.02 Å². The second-order valence-corrected chi connectivity index (χ2v) is 9.36. The maximum atomic E-state index is 13.3. The first kappa shape index (κ1) is 19.4. The summed E-state index contributed by atoms with van der Waals surface area (Å²) >= 11 is 6.30. The maximum absolute atomic E-state index is 13.3. The van der Waals surface area contributed by atoms with Gasteiger partial charge in [0.15, 0.2) is 0 Å². The van der Waals surface area contributed by atoms with Gasteiger partial charge in [0.1, 0.15) is 0 Å². The standard InChI is InChI=1S/C20H21ClN2O4S/c1-14-12-15-4-2-3-5-19(15)23(14)20(24)17-13-16(6-7-18(17)21)28(25,26)22-8-10-27-11-9-22/h2-7,13-14H,8-12H2,1H3. The molecule has 8 heteroatoms. The van der Waals surface area contributed by atoms with Crippen molar-refractivity contribution in [1.29, 1.82) is 0 Å². The lowest BCUT2D eigenvalue weighted by Crippen LogP contribution is -2.40. The summed E-state index contributed by atoms with van der Waals surface area (Å²) in [7, 11) is -3.71. The van der Waals surface area contributed by atoms with Gasteiger partial charge >= 0.3 is 0 Å². The Hall–Kier alpha value is -1.93. The Morgan fingerprint density at radius 3 is 2.61 bits per heavy atom. The fourth-order valence-corrected chi connectivity index (χ4v) is 5.40. The molecule has 148 valence electrons. The number of fused-ring (bicyclic) bond motifs is 1. The molecule has 1 saturated heterocycles. The first-order chi connectivity index (χ1) is 13.4. The third-order valence-electron chi connectivity index (χ3n) is 5.20. The Balaban J connectivity index is 1.71. The highest BCUT2D eigenvalue weighted by Crippen LogP contribution is 2.34. The number of hydrogen-bond donors (Lipinski definition) is 0. The average Bonchev–Trinajstić information content (AvgIpc) is 3.04. The number of carbonyl (C=O) groups is 1. The minimum Gasteiger partial charge on any atom is -0.379 e. The molecule has 1 atom stereocenters. The minimum atomic E-state index is -3.71. The normalized spacial score (nSPS) is 20.2. The molecule has 1 unspecified atom stereocenters. The fourth-order valence-electron chi connectivity index (χ4n) is 3.77. The number of carbonyl (C=O) groups excluding carboxylic acids is 1. The summed E-state index contributed by atoms with van der Waals surface area (Å²) in [5.41, 5.74) is 2.13. The summed E-state index contributed by atoms with van der Waals surface area (Å²) in [4.78, 5) is 15.1. The number of hydrogen-bond acceptors (Lipinski definition) is 4. The number of amides is 1. The Kier molecular flexibility index (Phi) is 5.18. The summed E-state index contributed by atoms with van der Waals surface area (Å²) < 4.78 is 32.5. The van der Waals surface area contributed by atoms with Crippen molar-refractivity contribution in [2.24, 2.45) is 0 Å². The van der Waals surface area contributed by atoms with Crippen LogP contribution in [0.4, 0.5) is 5.69 Å². The number of morpholine rings is 1. The molecule has 0 bridgehead atoms. The zero-order chi connectivity index (χ0) is 19.9. The zero-order valence-electron chi connectivity index (χ0n) is 15.5. The van der Waals surface area contributed by atoms with E-state index in [1.807, 2.05) is 31.2 Å². The van der Waals surface area contributed by atoms with E-state index in [0.29, 0.717) is 26.3 Å². The molecule has 2 aliphatic rings. The summed E-state index contributed by atoms with van der Waals surface area (Å²) in [6, 6.07) is 12.0. The lowest BCUT2D eigenvalue weighted by Gasteiger charge is -2.27. The van der Waals surface area contributed by atoms with Crippen molar-refractivity contribution in [1.82, 2.24) is 4.31 Å². The van der Waals surface area contributed by atoms with Gasteiger partial charge in [-0.05, 0) is 43.2 Å². The molecular formula is C20H21ClN2O4S. The molecule has 0 aliphatic carbocycles. The Labute approximate surface area is 169 Å². The third kappa shape index (κ3) is 3.33. The molecule has 1 fully saturated rings. The number of para-hydroxylation sites is 1. The lowest BCUT2D eigenvalue weighted by molar-refractivity contribution is 0.0730. The van der Waals surface area contributed by atoms with Gasteiger partial charge in [-0.15, -0.1) is 0 Å². The largest absolute Gasteiger partial charge is 0.379 e. The van der Waals surface area contributed by atoms with Crippen LogP contribution in [-0.4, -0.2) is 51.0 Å². The van der Waals surface area contributed by atoms with E-state index < -0.39 is 10.0 Å². The quantitative estimate of drug-likeness (QED) is 0.765. The van der Waals surface area contributed by atoms with Gasteiger partial charge in [-0.2, -0.15) is 4.31 Å². The van der Waals surface area contributed by atoms with Crippen molar-refractivity contribution < 1.29 is 17.9 Å². The molecule has 2 aromatic rings. The number of halogens is 1. The number of benzene rings is 2. The molecule has 1 amide bonds. The molecule has 2 aliphatic heterocycles. The zero-order valence-corrected chi connectivity index (χ0v) is 17.0. The second kappa shape index (κ2) is 7.48. The van der Waals surface area contributed by atoms with Crippen LogP contribution in [0.15, 0.2) is 47.4 Å². The van der Waals surface area contributed by atoms with E-state index in [1.54, 1.807) is 4.90 Å². The monoisotopic (exact) mass is 420 g/mol. The van der Waals surface area contributed by atoms with E-state index in [0.717, 1.165) is 17.7 Å². The van der Waals surface area contributed by atoms with Crippen LogP contribution in [0, 0.1) is 0 Å². The van der Waals surface area contributed by atoms with Gasteiger partial charge in [-0.25, -0.2) is 8.42 Å². The van der Waals surface area contributed by atoms with Gasteiger partial charge in [-0.3, -0.25) is 4.79 Å². The highest BCUT2D eigenvalue weighted by atomic mass is 35.5. The maximum Gasteiger partial charge on any atom is 0.260 e. The highest BCUT2D eigenvalue weighted by Gasteiger charge is 2.33. The molecular weight excluding hydrogens is 400 g/mol. The molecule has 4 rings (SSSR count). The topological polar surface area (TPSA) is 66.9 Å². The van der Waals surface area contributed by atoms with Crippen molar-refractivity contribution in [2.75, 3.05) is 31.2 Å². The summed E-state index contributed by atoms with van der Waals surface area (Å²) in [6.07, 6.45) is 0.755. The van der Waals surface area contributed by atoms with Crippen molar-refractivity contribution in [2.45, 2.75) is 24.3 Å². The van der Waals surface area contributed by atoms with Gasteiger partial charge in [0.05, 0.1) is 28.7 Å². The summed E-state index contributed by atoms with van der Waals surface area (Å²) in [5.74, 6) is -0.290. The van der Waals surface area contributed by atoms with E-state index in [1.165, 1.54) is 22.5 Å². The number of rotatable bonds is 3. The predicted octanol–water partition coefficient (Wildman–Crippen LogP) is 2.95. The van der Waals surface area contributed by atoms with Crippen LogP contribution in [0.1, 0.15) is 22.8 Å². The van der Waals surface area contributed by atoms with Crippen molar-refractivity contribution >= 4 is 33.2 Å². The second-order valence-electron chi connectivity index (χ2n) is 7.02. The van der Waals surface area contributed by atoms with E-state index in [-0.39, 0.29) is 27.4 Å². The van der Waals surface area contributed by atoms with E-state index in [2.05, 4.69) is 0 Å². The van der Waals surface area contributed by atoms with E-state index in [4.69, 9.17) is 16.3 Å². The van der Waals surface area contributed by atoms with Crippen LogP contribution in [-0.2, 0) is 21.2 Å². The van der Waals surface area contributed by atoms with E-state index in [9.17, 15) is 13.2 Å². The summed E-state index contributed by atoms with van der Waals surface area (Å²) in [6.45, 7) is 3.29. The van der Waals surface area contributed by atoms with Crippen molar-refractivity contribution in [3.8, 4) is 0 Å². The van der Waals surface area contributed by atoms with Crippen LogP contribution in [0.5, 0.6) is 0 Å². The molecule has 0 aromatic heterocycles. The molecule has 0 radical (unpaired) electrons. The average molecular weight is 421 g/mol. The third-order valence-corrected chi connectivity index (χ3v) is 7.43. The number of anilines is 1. The van der Waals surface area contributed by atoms with Crippen LogP contribution in [0.3, 0.4) is 0 Å². The first-order valence-corrected chi connectivity index (χ1v) is 11.0. The molecule has 0 spiro atoms. The Morgan fingerprint density at radius 1 is 1.14 bits per heavy atom. The molecule has 6 nitrogen and oxygen atoms in total. The molecule has 2 aromatic carbocycles. The van der Waals surface area contributed by atoms with Gasteiger partial charge in [0.2, 0.25) is 10.0 Å². The van der Waals surface area contributed by atoms with Gasteiger partial charge < -0.3 is 9.64 Å². The van der Waals surface area contributed by atoms with Crippen molar-refractivity contribution in [3.63, 3.8) is 0 Å². The van der Waals surface area contributed by atoms with Crippen LogP contribution >= 0.6 is 11.6 Å². The molecule has 2 heterocycles. The number of ether oxygens (including phenoxy) is 1. The van der Waals surface area contributed by atoms with Crippen LogP contribution < -0.4 is 4.90 Å². The van der Waals surface area contributed by atoms with Gasteiger partial charge in [0, 0.05) is 24.8 Å². The first-order valence-electron chi connectivity index (χ1n) is 9.18.